The highest BCUT2D eigenvalue weighted by Crippen LogP contribution is 2.32. The number of carbonyl (C=O) groups excluding carboxylic acids is 1. The zero-order valence-electron chi connectivity index (χ0n) is 21.9. The van der Waals surface area contributed by atoms with Crippen molar-refractivity contribution in [2.45, 2.75) is 33.4 Å². The van der Waals surface area contributed by atoms with Crippen LogP contribution in [0.15, 0.2) is 63.1 Å². The molecule has 4 rings (SSSR count). The minimum atomic E-state index is -3.54. The molecule has 0 atom stereocenters. The second-order valence-corrected chi connectivity index (χ2v) is 14.0. The van der Waals surface area contributed by atoms with Gasteiger partial charge in [0.05, 0.1) is 40.5 Å². The van der Waals surface area contributed by atoms with Gasteiger partial charge in [0.25, 0.3) is 0 Å². The van der Waals surface area contributed by atoms with Gasteiger partial charge in [-0.3, -0.25) is 10.1 Å². The zero-order valence-corrected chi connectivity index (χ0v) is 25.1. The number of carbonyl (C=O) groups is 1. The highest BCUT2D eigenvalue weighted by molar-refractivity contribution is 8.01. The number of halogens is 1. The summed E-state index contributed by atoms with van der Waals surface area (Å²) in [6.07, 6.45) is 3.03. The molecule has 0 radical (unpaired) electrons. The number of aromatic nitrogens is 5. The Morgan fingerprint density at radius 3 is 2.55 bits per heavy atom. The number of sulfone groups is 1. The van der Waals surface area contributed by atoms with E-state index in [2.05, 4.69) is 41.1 Å². The van der Waals surface area contributed by atoms with E-state index in [-0.39, 0.29) is 34.1 Å². The molecule has 12 nitrogen and oxygen atoms in total. The predicted molar refractivity (Wildman–Crippen MR) is 158 cm³/mol. The molecule has 1 amide bonds. The Morgan fingerprint density at radius 1 is 1.07 bits per heavy atom. The molecule has 0 saturated carbocycles. The molecule has 4 aromatic rings. The maximum absolute atomic E-state index is 12.8. The minimum absolute atomic E-state index is 0.157. The number of pyridine rings is 1. The Bertz CT molecular complexity index is 1600. The van der Waals surface area contributed by atoms with Crippen LogP contribution in [0.1, 0.15) is 13.8 Å². The first-order valence-electron chi connectivity index (χ1n) is 11.8. The summed E-state index contributed by atoms with van der Waals surface area (Å²) < 4.78 is 26.2. The number of para-hydroxylation sites is 1. The Morgan fingerprint density at radius 2 is 1.85 bits per heavy atom. The molecule has 0 aliphatic rings. The van der Waals surface area contributed by atoms with Gasteiger partial charge in [-0.1, -0.05) is 35.1 Å². The van der Waals surface area contributed by atoms with Gasteiger partial charge >= 0.3 is 0 Å². The van der Waals surface area contributed by atoms with E-state index in [1.807, 2.05) is 14.1 Å². The molecular weight excluding hydrogens is 594 g/mol. The van der Waals surface area contributed by atoms with Crippen molar-refractivity contribution in [1.82, 2.24) is 30.0 Å². The van der Waals surface area contributed by atoms with Crippen LogP contribution < -0.4 is 16.0 Å². The number of likely N-dealkylation sites (N-methyl/N-ethyl adjacent to an activating group) is 1. The summed E-state index contributed by atoms with van der Waals surface area (Å²) >= 11 is 8.88. The summed E-state index contributed by atoms with van der Waals surface area (Å²) in [5, 5.41) is 17.6. The summed E-state index contributed by atoms with van der Waals surface area (Å²) in [6.45, 7) is 3.50. The van der Waals surface area contributed by atoms with Crippen molar-refractivity contribution in [3.05, 3.63) is 53.8 Å². The van der Waals surface area contributed by atoms with Crippen molar-refractivity contribution in [2.24, 2.45) is 0 Å². The van der Waals surface area contributed by atoms with E-state index in [4.69, 9.17) is 11.6 Å². The summed E-state index contributed by atoms with van der Waals surface area (Å²) in [5.74, 6) is 0.315. The standard InChI is InChI=1S/C24H26ClN9O3S3/c1-14(2)40(36,37)18-8-6-5-7-17(18)29-21-16(25)12-27-22(31-21)28-15-9-10-20(26-11-15)38-24-33-32-23(39-24)30-19(35)13-34(3)4/h5-12,14H,13H2,1-4H3,(H,30,32,35)(H2,27,28,29,31). The molecule has 3 N–H and O–H groups in total. The Hall–Kier alpha value is -3.37. The normalized spacial score (nSPS) is 11.6. The zero-order chi connectivity index (χ0) is 28.9. The molecule has 0 saturated heterocycles. The molecule has 0 spiro atoms. The van der Waals surface area contributed by atoms with Crippen molar-refractivity contribution >= 4 is 78.7 Å². The highest BCUT2D eigenvalue weighted by Gasteiger charge is 2.23. The predicted octanol–water partition coefficient (Wildman–Crippen LogP) is 4.70. The fourth-order valence-electron chi connectivity index (χ4n) is 3.20. The van der Waals surface area contributed by atoms with Crippen LogP contribution in [-0.2, 0) is 14.6 Å². The second kappa shape index (κ2) is 12.9. The molecule has 210 valence electrons. The van der Waals surface area contributed by atoms with Gasteiger partial charge in [0.1, 0.15) is 10.0 Å². The Balaban J connectivity index is 1.43. The molecule has 0 aliphatic carbocycles. The van der Waals surface area contributed by atoms with Crippen molar-refractivity contribution in [3.8, 4) is 0 Å². The van der Waals surface area contributed by atoms with Crippen molar-refractivity contribution in [2.75, 3.05) is 36.6 Å². The smallest absolute Gasteiger partial charge is 0.240 e. The largest absolute Gasteiger partial charge is 0.338 e. The van der Waals surface area contributed by atoms with Gasteiger partial charge in [-0.2, -0.15) is 4.98 Å². The van der Waals surface area contributed by atoms with Gasteiger partial charge in [-0.25, -0.2) is 18.4 Å². The van der Waals surface area contributed by atoms with E-state index in [1.165, 1.54) is 29.3 Å². The summed E-state index contributed by atoms with van der Waals surface area (Å²) in [4.78, 5) is 26.9. The van der Waals surface area contributed by atoms with Gasteiger partial charge < -0.3 is 15.5 Å². The molecule has 0 fully saturated rings. The Labute approximate surface area is 244 Å². The third-order valence-corrected chi connectivity index (χ3v) is 9.44. The highest BCUT2D eigenvalue weighted by atomic mass is 35.5. The van der Waals surface area contributed by atoms with E-state index < -0.39 is 15.1 Å². The van der Waals surface area contributed by atoms with Gasteiger partial charge in [-0.05, 0) is 64.0 Å². The lowest BCUT2D eigenvalue weighted by molar-refractivity contribution is -0.116. The van der Waals surface area contributed by atoms with Crippen molar-refractivity contribution in [3.63, 3.8) is 0 Å². The fraction of sp³-hybridized carbons (Fsp3) is 0.250. The number of rotatable bonds is 11. The molecule has 0 aliphatic heterocycles. The minimum Gasteiger partial charge on any atom is -0.338 e. The van der Waals surface area contributed by atoms with Crippen LogP contribution in [0.3, 0.4) is 0 Å². The SMILES string of the molecule is CC(C)S(=O)(=O)c1ccccc1Nc1nc(Nc2ccc(Sc3nnc(NC(=O)CN(C)C)s3)nc2)ncc1Cl. The average Bonchev–Trinajstić information content (AvgIpc) is 3.33. The number of hydrogen-bond donors (Lipinski definition) is 3. The van der Waals surface area contributed by atoms with E-state index in [1.54, 1.807) is 61.3 Å². The van der Waals surface area contributed by atoms with Crippen molar-refractivity contribution in [1.29, 1.82) is 0 Å². The monoisotopic (exact) mass is 619 g/mol. The number of nitrogens with one attached hydrogen (secondary N) is 3. The molecule has 3 heterocycles. The van der Waals surface area contributed by atoms with Gasteiger partial charge in [-0.15, -0.1) is 10.2 Å². The maximum Gasteiger partial charge on any atom is 0.240 e. The first-order chi connectivity index (χ1) is 19.0. The molecule has 1 aromatic carbocycles. The number of amides is 1. The van der Waals surface area contributed by atoms with Crippen LogP contribution in [0.5, 0.6) is 0 Å². The molecule has 3 aromatic heterocycles. The number of nitrogens with zero attached hydrogens (tertiary/aromatic N) is 6. The number of anilines is 5. The van der Waals surface area contributed by atoms with Crippen molar-refractivity contribution < 1.29 is 13.2 Å². The third-order valence-electron chi connectivity index (χ3n) is 5.11. The lowest BCUT2D eigenvalue weighted by atomic mass is 10.3. The third kappa shape index (κ3) is 7.63. The van der Waals surface area contributed by atoms with Crippen LogP contribution in [-0.4, -0.2) is 70.3 Å². The second-order valence-electron chi connectivity index (χ2n) is 8.88. The van der Waals surface area contributed by atoms with E-state index in [0.717, 1.165) is 0 Å². The maximum atomic E-state index is 12.8. The summed E-state index contributed by atoms with van der Waals surface area (Å²) in [5.41, 5.74) is 0.984. The Kier molecular flexibility index (Phi) is 9.52. The van der Waals surface area contributed by atoms with Crippen LogP contribution >= 0.6 is 34.7 Å². The molecule has 0 bridgehead atoms. The van der Waals surface area contributed by atoms with Crippen LogP contribution in [0.4, 0.5) is 28.3 Å². The van der Waals surface area contributed by atoms with E-state index in [9.17, 15) is 13.2 Å². The topological polar surface area (TPSA) is 155 Å². The van der Waals surface area contributed by atoms with Crippen LogP contribution in [0.2, 0.25) is 5.02 Å². The molecule has 40 heavy (non-hydrogen) atoms. The average molecular weight is 620 g/mol. The first-order valence-corrected chi connectivity index (χ1v) is 15.4. The van der Waals surface area contributed by atoms with Crippen LogP contribution in [0, 0.1) is 0 Å². The quantitative estimate of drug-likeness (QED) is 0.199. The molecular formula is C24H26ClN9O3S3. The molecule has 0 unspecified atom stereocenters. The van der Waals surface area contributed by atoms with E-state index >= 15 is 0 Å². The van der Waals surface area contributed by atoms with Gasteiger partial charge in [0, 0.05) is 0 Å². The summed E-state index contributed by atoms with van der Waals surface area (Å²) in [7, 11) is 0.0791. The van der Waals surface area contributed by atoms with Gasteiger partial charge in [0.15, 0.2) is 20.0 Å². The lowest BCUT2D eigenvalue weighted by Crippen LogP contribution is -2.26. The van der Waals surface area contributed by atoms with Crippen LogP contribution in [0.25, 0.3) is 0 Å². The number of hydrogen-bond acceptors (Lipinski definition) is 13. The lowest BCUT2D eigenvalue weighted by Gasteiger charge is -2.15. The fourth-order valence-corrected chi connectivity index (χ4v) is 6.19. The first kappa shape index (κ1) is 29.6. The molecule has 16 heteroatoms. The number of benzene rings is 1. The summed E-state index contributed by atoms with van der Waals surface area (Å²) in [6, 6.07) is 10.2. The van der Waals surface area contributed by atoms with Gasteiger partial charge in [0.2, 0.25) is 17.0 Å². The van der Waals surface area contributed by atoms with E-state index in [0.29, 0.717) is 25.9 Å².